The van der Waals surface area contributed by atoms with Gasteiger partial charge in [0.05, 0.1) is 0 Å². The largest absolute Gasteiger partial charge is 0.324 e. The number of aryl methyl sites for hydroxylation is 1. The third-order valence-corrected chi connectivity index (χ3v) is 5.18. The zero-order chi connectivity index (χ0) is 20.4. The molecule has 1 heterocycles. The average molecular weight is 382 g/mol. The van der Waals surface area contributed by atoms with Crippen molar-refractivity contribution in [2.75, 3.05) is 16.8 Å². The van der Waals surface area contributed by atoms with E-state index in [0.29, 0.717) is 12.1 Å². The van der Waals surface area contributed by atoms with Gasteiger partial charge in [0, 0.05) is 17.8 Å². The number of carbonyl (C=O) groups excluding carboxylic acids is 2. The molecule has 2 aromatic rings. The van der Waals surface area contributed by atoms with Crippen molar-refractivity contribution < 1.29 is 14.0 Å². The van der Waals surface area contributed by atoms with Gasteiger partial charge in [0.15, 0.2) is 0 Å². The molecule has 0 fully saturated rings. The molecule has 0 aromatic heterocycles. The van der Waals surface area contributed by atoms with Gasteiger partial charge in [-0.05, 0) is 53.1 Å². The molecule has 1 aliphatic heterocycles. The summed E-state index contributed by atoms with van der Waals surface area (Å²) in [4.78, 5) is 26.8. The van der Waals surface area contributed by atoms with Gasteiger partial charge in [-0.25, -0.2) is 4.39 Å². The van der Waals surface area contributed by atoms with E-state index in [2.05, 4.69) is 33.0 Å². The summed E-state index contributed by atoms with van der Waals surface area (Å²) in [6.07, 6.45) is 0.779. The third-order valence-electron chi connectivity index (χ3n) is 5.18. The van der Waals surface area contributed by atoms with Crippen molar-refractivity contribution in [3.05, 3.63) is 58.9 Å². The van der Waals surface area contributed by atoms with Crippen LogP contribution < -0.4 is 10.2 Å². The first-order valence-corrected chi connectivity index (χ1v) is 9.79. The summed E-state index contributed by atoms with van der Waals surface area (Å²) in [5.74, 6) is -0.176. The number of halogens is 1. The number of fused-ring (bicyclic) bond motifs is 1. The molecule has 0 radical (unpaired) electrons. The number of anilines is 2. The Morgan fingerprint density at radius 1 is 1.07 bits per heavy atom. The van der Waals surface area contributed by atoms with Crippen LogP contribution in [-0.2, 0) is 16.0 Å². The van der Waals surface area contributed by atoms with Gasteiger partial charge < -0.3 is 10.2 Å². The quantitative estimate of drug-likeness (QED) is 0.792. The number of nitrogens with one attached hydrogen (secondary N) is 1. The van der Waals surface area contributed by atoms with E-state index in [0.717, 1.165) is 22.4 Å². The molecule has 2 amide bonds. The number of carbonyl (C=O) groups is 2. The highest BCUT2D eigenvalue weighted by molar-refractivity contribution is 6.04. The zero-order valence-corrected chi connectivity index (χ0v) is 16.9. The number of rotatable bonds is 5. The van der Waals surface area contributed by atoms with E-state index in [1.54, 1.807) is 6.07 Å². The van der Waals surface area contributed by atoms with Crippen LogP contribution in [-0.4, -0.2) is 18.4 Å². The second-order valence-corrected chi connectivity index (χ2v) is 7.92. The Bertz CT molecular complexity index is 879. The van der Waals surface area contributed by atoms with Gasteiger partial charge in [0.25, 0.3) is 0 Å². The Morgan fingerprint density at radius 2 is 1.71 bits per heavy atom. The molecule has 28 heavy (non-hydrogen) atoms. The molecule has 0 atom stereocenters. The van der Waals surface area contributed by atoms with E-state index in [9.17, 15) is 14.0 Å². The topological polar surface area (TPSA) is 49.4 Å². The van der Waals surface area contributed by atoms with Crippen LogP contribution in [0.4, 0.5) is 15.8 Å². The van der Waals surface area contributed by atoms with Crippen molar-refractivity contribution in [1.82, 2.24) is 0 Å². The maximum atomic E-state index is 13.5. The van der Waals surface area contributed by atoms with E-state index < -0.39 is 0 Å². The molecule has 0 bridgehead atoms. The van der Waals surface area contributed by atoms with Crippen molar-refractivity contribution >= 4 is 23.2 Å². The van der Waals surface area contributed by atoms with Crippen LogP contribution in [0.5, 0.6) is 0 Å². The molecule has 1 aliphatic rings. The number of hydrogen-bond donors (Lipinski definition) is 1. The van der Waals surface area contributed by atoms with E-state index in [1.807, 2.05) is 18.2 Å². The molecule has 0 unspecified atom stereocenters. The lowest BCUT2D eigenvalue weighted by Gasteiger charge is -2.29. The minimum Gasteiger partial charge on any atom is -0.324 e. The van der Waals surface area contributed by atoms with E-state index in [4.69, 9.17) is 0 Å². The lowest BCUT2D eigenvalue weighted by Crippen LogP contribution is -2.41. The summed E-state index contributed by atoms with van der Waals surface area (Å²) in [6.45, 7) is 8.28. The molecule has 1 N–H and O–H groups in total. The van der Waals surface area contributed by atoms with E-state index in [1.165, 1.54) is 17.0 Å². The Hall–Kier alpha value is -2.69. The molecule has 4 nitrogen and oxygen atoms in total. The lowest BCUT2D eigenvalue weighted by molar-refractivity contribution is -0.121. The van der Waals surface area contributed by atoms with Crippen LogP contribution in [0.2, 0.25) is 0 Å². The SMILES string of the molecule is CC(C)c1cccc(C(C)C)c1NC(=O)CN1C(=O)CCc2cc(F)ccc21. The highest BCUT2D eigenvalue weighted by Gasteiger charge is 2.27. The Balaban J connectivity index is 1.87. The van der Waals surface area contributed by atoms with Crippen molar-refractivity contribution in [3.63, 3.8) is 0 Å². The predicted molar refractivity (Wildman–Crippen MR) is 110 cm³/mol. The van der Waals surface area contributed by atoms with Gasteiger partial charge >= 0.3 is 0 Å². The first kappa shape index (κ1) is 20.1. The van der Waals surface area contributed by atoms with Crippen LogP contribution in [0.25, 0.3) is 0 Å². The summed E-state index contributed by atoms with van der Waals surface area (Å²) in [5, 5.41) is 3.04. The minimum atomic E-state index is -0.329. The molecule has 0 saturated carbocycles. The summed E-state index contributed by atoms with van der Waals surface area (Å²) < 4.78 is 13.5. The van der Waals surface area contributed by atoms with Gasteiger partial charge in [-0.15, -0.1) is 0 Å². The number of hydrogen-bond acceptors (Lipinski definition) is 2. The molecular weight excluding hydrogens is 355 g/mol. The monoisotopic (exact) mass is 382 g/mol. The fourth-order valence-electron chi connectivity index (χ4n) is 3.72. The summed E-state index contributed by atoms with van der Waals surface area (Å²) >= 11 is 0. The highest BCUT2D eigenvalue weighted by Crippen LogP contribution is 2.33. The van der Waals surface area contributed by atoms with Gasteiger partial charge in [0.1, 0.15) is 12.4 Å². The second kappa shape index (κ2) is 8.13. The predicted octanol–water partition coefficient (Wildman–Crippen LogP) is 4.99. The van der Waals surface area contributed by atoms with Gasteiger partial charge in [-0.3, -0.25) is 9.59 Å². The van der Waals surface area contributed by atoms with Crippen LogP contribution in [0.1, 0.15) is 62.6 Å². The molecule has 0 spiro atoms. The minimum absolute atomic E-state index is 0.0819. The normalized spacial score (nSPS) is 13.8. The first-order valence-electron chi connectivity index (χ1n) is 9.79. The van der Waals surface area contributed by atoms with E-state index in [-0.39, 0.29) is 42.4 Å². The maximum absolute atomic E-state index is 13.5. The zero-order valence-electron chi connectivity index (χ0n) is 16.9. The maximum Gasteiger partial charge on any atom is 0.244 e. The molecule has 3 rings (SSSR count). The fraction of sp³-hybridized carbons (Fsp3) is 0.391. The van der Waals surface area contributed by atoms with Crippen LogP contribution in [0.15, 0.2) is 36.4 Å². The Labute approximate surface area is 165 Å². The average Bonchev–Trinajstić information content (AvgIpc) is 2.63. The van der Waals surface area contributed by atoms with Crippen molar-refractivity contribution in [2.45, 2.75) is 52.4 Å². The van der Waals surface area contributed by atoms with Crippen LogP contribution in [0.3, 0.4) is 0 Å². The van der Waals surface area contributed by atoms with Crippen LogP contribution >= 0.6 is 0 Å². The standard InChI is InChI=1S/C23H27FN2O2/c1-14(2)18-6-5-7-19(15(3)4)23(18)25-21(27)13-26-20-10-9-17(24)12-16(20)8-11-22(26)28/h5-7,9-10,12,14-15H,8,11,13H2,1-4H3,(H,25,27). The summed E-state index contributed by atoms with van der Waals surface area (Å²) in [7, 11) is 0. The van der Waals surface area contributed by atoms with Gasteiger partial charge in [-0.1, -0.05) is 45.9 Å². The Morgan fingerprint density at radius 3 is 2.32 bits per heavy atom. The molecule has 5 heteroatoms. The molecular formula is C23H27FN2O2. The molecule has 2 aromatic carbocycles. The van der Waals surface area contributed by atoms with Crippen molar-refractivity contribution in [3.8, 4) is 0 Å². The lowest BCUT2D eigenvalue weighted by atomic mass is 9.92. The number of benzene rings is 2. The van der Waals surface area contributed by atoms with Crippen molar-refractivity contribution in [1.29, 1.82) is 0 Å². The first-order chi connectivity index (χ1) is 13.3. The number of amides is 2. The van der Waals surface area contributed by atoms with Crippen LogP contribution in [0, 0.1) is 5.82 Å². The fourth-order valence-corrected chi connectivity index (χ4v) is 3.72. The smallest absolute Gasteiger partial charge is 0.244 e. The summed E-state index contributed by atoms with van der Waals surface area (Å²) in [5.41, 5.74) is 4.37. The summed E-state index contributed by atoms with van der Waals surface area (Å²) in [6, 6.07) is 10.4. The second-order valence-electron chi connectivity index (χ2n) is 7.92. The number of para-hydroxylation sites is 1. The molecule has 148 valence electrons. The third kappa shape index (κ3) is 4.08. The number of nitrogens with zero attached hydrogens (tertiary/aromatic N) is 1. The van der Waals surface area contributed by atoms with Crippen molar-refractivity contribution in [2.24, 2.45) is 0 Å². The Kier molecular flexibility index (Phi) is 5.82. The molecule has 0 aliphatic carbocycles. The van der Waals surface area contributed by atoms with Gasteiger partial charge in [-0.2, -0.15) is 0 Å². The van der Waals surface area contributed by atoms with E-state index >= 15 is 0 Å². The highest BCUT2D eigenvalue weighted by atomic mass is 19.1. The molecule has 0 saturated heterocycles. The van der Waals surface area contributed by atoms with Gasteiger partial charge in [0.2, 0.25) is 11.8 Å².